The van der Waals surface area contributed by atoms with Gasteiger partial charge in [-0.15, -0.1) is 21.5 Å². The summed E-state index contributed by atoms with van der Waals surface area (Å²) in [6.45, 7) is 8.79. The minimum Gasteiger partial charge on any atom is -0.302 e. The molecule has 6 nitrogen and oxygen atoms in total. The Labute approximate surface area is 209 Å². The van der Waals surface area contributed by atoms with E-state index in [1.807, 2.05) is 17.5 Å². The smallest absolute Gasteiger partial charge is 0.230 e. The lowest BCUT2D eigenvalue weighted by atomic mass is 10.1. The number of rotatable bonds is 9. The number of hydrogen-bond acceptors (Lipinski definition) is 6. The van der Waals surface area contributed by atoms with Crippen molar-refractivity contribution in [2.45, 2.75) is 58.0 Å². The SMILES string of the molecule is CCCn1c(SCc2csc(N(C(C)=O)c3ccc(CC)cc3)n2)nnc1-c1cccc(C)c1. The summed E-state index contributed by atoms with van der Waals surface area (Å²) >= 11 is 3.11. The highest BCUT2D eigenvalue weighted by atomic mass is 32.2. The van der Waals surface area contributed by atoms with E-state index in [1.54, 1.807) is 23.6 Å². The van der Waals surface area contributed by atoms with Crippen LogP contribution in [0, 0.1) is 6.92 Å². The van der Waals surface area contributed by atoms with E-state index < -0.39 is 0 Å². The van der Waals surface area contributed by atoms with E-state index in [0.29, 0.717) is 10.9 Å². The molecular formula is C26H29N5OS2. The van der Waals surface area contributed by atoms with Crippen LogP contribution in [0.4, 0.5) is 10.8 Å². The van der Waals surface area contributed by atoms with Crippen LogP contribution in [0.1, 0.15) is 44.0 Å². The van der Waals surface area contributed by atoms with Gasteiger partial charge in [0.1, 0.15) is 0 Å². The Balaban J connectivity index is 1.52. The van der Waals surface area contributed by atoms with Crippen molar-refractivity contribution < 1.29 is 4.79 Å². The largest absolute Gasteiger partial charge is 0.302 e. The van der Waals surface area contributed by atoms with Gasteiger partial charge >= 0.3 is 0 Å². The Kier molecular flexibility index (Phi) is 7.80. The Morgan fingerprint density at radius 3 is 2.59 bits per heavy atom. The first-order chi connectivity index (χ1) is 16.5. The van der Waals surface area contributed by atoms with E-state index in [4.69, 9.17) is 4.98 Å². The molecule has 34 heavy (non-hydrogen) atoms. The maximum Gasteiger partial charge on any atom is 0.230 e. The second-order valence-corrected chi connectivity index (χ2v) is 9.89. The number of amides is 1. The fourth-order valence-electron chi connectivity index (χ4n) is 3.73. The molecule has 0 unspecified atom stereocenters. The molecule has 0 saturated carbocycles. The number of nitrogens with zero attached hydrogens (tertiary/aromatic N) is 5. The third-order valence-corrected chi connectivity index (χ3v) is 7.31. The molecular weight excluding hydrogens is 462 g/mol. The van der Waals surface area contributed by atoms with E-state index in [2.05, 4.69) is 71.9 Å². The van der Waals surface area contributed by atoms with Gasteiger partial charge in [0.25, 0.3) is 0 Å². The summed E-state index contributed by atoms with van der Waals surface area (Å²) in [5.74, 6) is 1.50. The van der Waals surface area contributed by atoms with Crippen molar-refractivity contribution in [1.29, 1.82) is 0 Å². The fourth-order valence-corrected chi connectivity index (χ4v) is 5.58. The quantitative estimate of drug-likeness (QED) is 0.245. The molecule has 0 bridgehead atoms. The zero-order valence-electron chi connectivity index (χ0n) is 20.0. The summed E-state index contributed by atoms with van der Waals surface area (Å²) in [7, 11) is 0. The van der Waals surface area contributed by atoms with Crippen molar-refractivity contribution in [2.24, 2.45) is 0 Å². The van der Waals surface area contributed by atoms with Crippen LogP contribution in [-0.2, 0) is 23.5 Å². The lowest BCUT2D eigenvalue weighted by Crippen LogP contribution is -2.22. The van der Waals surface area contributed by atoms with Crippen LogP contribution < -0.4 is 4.90 Å². The molecule has 2 aromatic heterocycles. The number of hydrogen-bond donors (Lipinski definition) is 0. The standard InChI is InChI=1S/C26H29N5OS2/c1-5-14-30-24(21-9-7-8-18(3)15-21)28-29-26(30)34-17-22-16-33-25(27-22)31(19(4)32)23-12-10-20(6-2)11-13-23/h7-13,15-16H,5-6,14,17H2,1-4H3. The Morgan fingerprint density at radius 1 is 1.12 bits per heavy atom. The topological polar surface area (TPSA) is 63.9 Å². The molecule has 0 aliphatic rings. The first kappa shape index (κ1) is 24.2. The summed E-state index contributed by atoms with van der Waals surface area (Å²) in [5, 5.41) is 12.5. The molecule has 0 atom stereocenters. The van der Waals surface area contributed by atoms with Crippen LogP contribution in [-0.4, -0.2) is 25.7 Å². The number of carbonyl (C=O) groups is 1. The van der Waals surface area contributed by atoms with Crippen molar-refractivity contribution in [2.75, 3.05) is 4.90 Å². The summed E-state index contributed by atoms with van der Waals surface area (Å²) in [6, 6.07) is 16.4. The molecule has 4 rings (SSSR count). The number of thioether (sulfide) groups is 1. The lowest BCUT2D eigenvalue weighted by molar-refractivity contribution is -0.115. The summed E-state index contributed by atoms with van der Waals surface area (Å²) in [5.41, 5.74) is 5.28. The number of thiazole rings is 1. The van der Waals surface area contributed by atoms with Crippen LogP contribution >= 0.6 is 23.1 Å². The molecule has 0 saturated heterocycles. The second kappa shape index (κ2) is 11.0. The third-order valence-electron chi connectivity index (χ3n) is 5.44. The molecule has 2 aromatic carbocycles. The van der Waals surface area contributed by atoms with E-state index in [-0.39, 0.29) is 5.91 Å². The van der Waals surface area contributed by atoms with E-state index in [1.165, 1.54) is 22.5 Å². The van der Waals surface area contributed by atoms with Gasteiger partial charge in [0.15, 0.2) is 16.1 Å². The minimum atomic E-state index is -0.0525. The molecule has 0 radical (unpaired) electrons. The molecule has 4 aromatic rings. The van der Waals surface area contributed by atoms with Gasteiger partial charge < -0.3 is 4.57 Å². The zero-order chi connectivity index (χ0) is 24.1. The van der Waals surface area contributed by atoms with Crippen molar-refractivity contribution in [3.05, 3.63) is 70.7 Å². The first-order valence-corrected chi connectivity index (χ1v) is 13.3. The van der Waals surface area contributed by atoms with Gasteiger partial charge in [0, 0.05) is 30.2 Å². The molecule has 0 aliphatic carbocycles. The second-order valence-electron chi connectivity index (χ2n) is 8.11. The average molecular weight is 492 g/mol. The van der Waals surface area contributed by atoms with Crippen LogP contribution in [0.2, 0.25) is 0 Å². The monoisotopic (exact) mass is 491 g/mol. The van der Waals surface area contributed by atoms with Crippen molar-refractivity contribution in [1.82, 2.24) is 19.7 Å². The highest BCUT2D eigenvalue weighted by molar-refractivity contribution is 7.98. The highest BCUT2D eigenvalue weighted by Crippen LogP contribution is 2.32. The van der Waals surface area contributed by atoms with Crippen LogP contribution in [0.3, 0.4) is 0 Å². The Morgan fingerprint density at radius 2 is 1.91 bits per heavy atom. The maximum atomic E-state index is 12.4. The highest BCUT2D eigenvalue weighted by Gasteiger charge is 2.19. The first-order valence-electron chi connectivity index (χ1n) is 11.5. The van der Waals surface area contributed by atoms with Crippen LogP contribution in [0.25, 0.3) is 11.4 Å². The number of benzene rings is 2. The van der Waals surface area contributed by atoms with Crippen LogP contribution in [0.5, 0.6) is 0 Å². The maximum absolute atomic E-state index is 12.4. The van der Waals surface area contributed by atoms with E-state index in [0.717, 1.165) is 47.3 Å². The Bertz CT molecular complexity index is 1260. The third kappa shape index (κ3) is 5.39. The van der Waals surface area contributed by atoms with E-state index >= 15 is 0 Å². The number of aryl methyl sites for hydroxylation is 2. The minimum absolute atomic E-state index is 0.0525. The fraction of sp³-hybridized carbons (Fsp3) is 0.308. The molecule has 1 amide bonds. The summed E-state index contributed by atoms with van der Waals surface area (Å²) < 4.78 is 2.18. The Hall–Kier alpha value is -2.97. The molecule has 176 valence electrons. The molecule has 0 N–H and O–H groups in total. The number of aromatic nitrogens is 4. The molecule has 8 heteroatoms. The van der Waals surface area contributed by atoms with Crippen molar-refractivity contribution in [3.63, 3.8) is 0 Å². The van der Waals surface area contributed by atoms with Gasteiger partial charge in [-0.3, -0.25) is 9.69 Å². The lowest BCUT2D eigenvalue weighted by Gasteiger charge is -2.18. The van der Waals surface area contributed by atoms with Crippen molar-refractivity contribution >= 4 is 39.8 Å². The summed E-state index contributed by atoms with van der Waals surface area (Å²) in [6.07, 6.45) is 1.96. The molecule has 2 heterocycles. The predicted molar refractivity (Wildman–Crippen MR) is 141 cm³/mol. The van der Waals surface area contributed by atoms with Gasteiger partial charge in [-0.2, -0.15) is 0 Å². The molecule has 0 spiro atoms. The predicted octanol–water partition coefficient (Wildman–Crippen LogP) is 6.66. The van der Waals surface area contributed by atoms with Gasteiger partial charge in [-0.1, -0.05) is 61.5 Å². The normalized spacial score (nSPS) is 11.1. The number of anilines is 2. The molecule has 0 aliphatic heterocycles. The van der Waals surface area contributed by atoms with Gasteiger partial charge in [0.2, 0.25) is 5.91 Å². The van der Waals surface area contributed by atoms with E-state index in [9.17, 15) is 4.79 Å². The van der Waals surface area contributed by atoms with Gasteiger partial charge in [0.05, 0.1) is 11.4 Å². The molecule has 0 fully saturated rings. The average Bonchev–Trinajstić information content (AvgIpc) is 3.45. The number of carbonyl (C=O) groups excluding carboxylic acids is 1. The van der Waals surface area contributed by atoms with Crippen molar-refractivity contribution in [3.8, 4) is 11.4 Å². The van der Waals surface area contributed by atoms with Gasteiger partial charge in [-0.05, 0) is 43.5 Å². The summed E-state index contributed by atoms with van der Waals surface area (Å²) in [4.78, 5) is 18.9. The van der Waals surface area contributed by atoms with Gasteiger partial charge in [-0.25, -0.2) is 4.98 Å². The van der Waals surface area contributed by atoms with Crippen LogP contribution in [0.15, 0.2) is 59.1 Å². The zero-order valence-corrected chi connectivity index (χ0v) is 21.6.